The average molecular weight is 479 g/mol. The summed E-state index contributed by atoms with van der Waals surface area (Å²) in [6.07, 6.45) is -3.96. The van der Waals surface area contributed by atoms with Crippen LogP contribution >= 0.6 is 23.2 Å². The number of benzene rings is 1. The van der Waals surface area contributed by atoms with Gasteiger partial charge in [-0.3, -0.25) is 4.98 Å². The molecule has 0 radical (unpaired) electrons. The van der Waals surface area contributed by atoms with Crippen LogP contribution in [-0.2, 0) is 14.6 Å². The summed E-state index contributed by atoms with van der Waals surface area (Å²) in [5, 5.41) is 20.2. The molecule has 0 fully saturated rings. The van der Waals surface area contributed by atoms with Gasteiger partial charge in [0.05, 0.1) is 20.5 Å². The van der Waals surface area contributed by atoms with Gasteiger partial charge in [-0.15, -0.1) is 0 Å². The van der Waals surface area contributed by atoms with Crippen molar-refractivity contribution in [3.05, 3.63) is 57.3 Å². The number of alkyl halides is 2. The zero-order valence-corrected chi connectivity index (χ0v) is 18.4. The summed E-state index contributed by atoms with van der Waals surface area (Å²) < 4.78 is 51.4. The molecular formula is C19H18Cl2F2N2O4S. The molecule has 0 saturated heterocycles. The van der Waals surface area contributed by atoms with E-state index in [1.54, 1.807) is 12.1 Å². The van der Waals surface area contributed by atoms with Gasteiger partial charge in [-0.25, -0.2) is 17.2 Å². The molecule has 2 aromatic rings. The van der Waals surface area contributed by atoms with Gasteiger partial charge < -0.3 is 15.1 Å². The van der Waals surface area contributed by atoms with Gasteiger partial charge in [0.1, 0.15) is 10.6 Å². The number of aliphatic hydroxyl groups is 2. The summed E-state index contributed by atoms with van der Waals surface area (Å²) in [4.78, 5) is 4.34. The highest BCUT2D eigenvalue weighted by atomic mass is 35.5. The Morgan fingerprint density at radius 2 is 1.83 bits per heavy atom. The van der Waals surface area contributed by atoms with Crippen LogP contribution in [0.3, 0.4) is 0 Å². The molecule has 0 amide bonds. The fourth-order valence-electron chi connectivity index (χ4n) is 3.33. The monoisotopic (exact) mass is 478 g/mol. The van der Waals surface area contributed by atoms with Crippen LogP contribution in [0.1, 0.15) is 30.7 Å². The van der Waals surface area contributed by atoms with E-state index < -0.39 is 37.9 Å². The normalized spacial score (nSPS) is 18.3. The molecule has 30 heavy (non-hydrogen) atoms. The van der Waals surface area contributed by atoms with E-state index in [1.807, 2.05) is 0 Å². The second kappa shape index (κ2) is 7.64. The molecule has 11 heteroatoms. The number of hydrogen-bond donors (Lipinski definition) is 2. The molecule has 1 aliphatic heterocycles. The molecular weight excluding hydrogens is 461 g/mol. The van der Waals surface area contributed by atoms with Crippen molar-refractivity contribution in [2.75, 3.05) is 11.9 Å². The predicted molar refractivity (Wildman–Crippen MR) is 113 cm³/mol. The SMILES string of the molecule is CN(c1c(Cl)ccc(C2=C(O)c3ncccc3C(C)(C)S2(=O)=O)c1Cl)C(O)C(F)F. The fraction of sp³-hybridized carbons (Fsp3) is 0.316. The minimum absolute atomic E-state index is 0.0702. The molecule has 0 spiro atoms. The van der Waals surface area contributed by atoms with Crippen molar-refractivity contribution in [3.8, 4) is 0 Å². The standard InChI is InChI=1S/C19H18Cl2F2N2O4S/c1-19(2)10-5-4-8-24-13(10)15(26)16(30(19,28)29)9-6-7-11(20)14(12(9)21)25(3)18(27)17(22)23/h4-8,17-18,26-27H,1-3H3. The number of hydrogen-bond acceptors (Lipinski definition) is 6. The molecule has 1 aromatic carbocycles. The zero-order chi connectivity index (χ0) is 22.6. The number of sulfone groups is 1. The Kier molecular flexibility index (Phi) is 5.79. The number of pyridine rings is 1. The number of anilines is 1. The maximum absolute atomic E-state index is 13.4. The molecule has 6 nitrogen and oxygen atoms in total. The van der Waals surface area contributed by atoms with E-state index in [-0.39, 0.29) is 27.0 Å². The van der Waals surface area contributed by atoms with Crippen molar-refractivity contribution >= 4 is 49.4 Å². The Morgan fingerprint density at radius 1 is 1.20 bits per heavy atom. The number of aromatic nitrogens is 1. The highest BCUT2D eigenvalue weighted by Gasteiger charge is 2.48. The quantitative estimate of drug-likeness (QED) is 0.630. The summed E-state index contributed by atoms with van der Waals surface area (Å²) in [6.45, 7) is 2.93. The van der Waals surface area contributed by atoms with E-state index in [9.17, 15) is 27.4 Å². The summed E-state index contributed by atoms with van der Waals surface area (Å²) in [6, 6.07) is 5.63. The number of halogens is 4. The smallest absolute Gasteiger partial charge is 0.282 e. The number of aliphatic hydroxyl groups excluding tert-OH is 2. The van der Waals surface area contributed by atoms with E-state index in [2.05, 4.69) is 4.98 Å². The predicted octanol–water partition coefficient (Wildman–Crippen LogP) is 4.46. The first-order valence-electron chi connectivity index (χ1n) is 8.65. The van der Waals surface area contributed by atoms with Crippen molar-refractivity contribution in [1.82, 2.24) is 4.98 Å². The van der Waals surface area contributed by atoms with Gasteiger partial charge in [-0.1, -0.05) is 35.3 Å². The first-order chi connectivity index (χ1) is 13.8. The van der Waals surface area contributed by atoms with Crippen LogP contribution in [0.4, 0.5) is 14.5 Å². The summed E-state index contributed by atoms with van der Waals surface area (Å²) in [5.41, 5.74) is 0.0256. The lowest BCUT2D eigenvalue weighted by atomic mass is 9.98. The lowest BCUT2D eigenvalue weighted by molar-refractivity contribution is -0.00294. The summed E-state index contributed by atoms with van der Waals surface area (Å²) in [5.74, 6) is -0.614. The topological polar surface area (TPSA) is 90.7 Å². The van der Waals surface area contributed by atoms with Gasteiger partial charge in [0, 0.05) is 24.4 Å². The van der Waals surface area contributed by atoms with Gasteiger partial charge in [0.2, 0.25) is 0 Å². The number of nitrogens with zero attached hydrogens (tertiary/aromatic N) is 2. The second-order valence-corrected chi connectivity index (χ2v) is 10.4. The summed E-state index contributed by atoms with van der Waals surface area (Å²) >= 11 is 12.5. The second-order valence-electron chi connectivity index (χ2n) is 7.21. The minimum Gasteiger partial charge on any atom is -0.504 e. The molecule has 1 aromatic heterocycles. The highest BCUT2D eigenvalue weighted by molar-refractivity contribution is 8.01. The van der Waals surface area contributed by atoms with E-state index in [0.29, 0.717) is 5.56 Å². The molecule has 1 aliphatic rings. The summed E-state index contributed by atoms with van der Waals surface area (Å²) in [7, 11) is -3.06. The van der Waals surface area contributed by atoms with E-state index in [4.69, 9.17) is 23.2 Å². The van der Waals surface area contributed by atoms with Crippen LogP contribution in [-0.4, -0.2) is 43.3 Å². The average Bonchev–Trinajstić information content (AvgIpc) is 2.67. The van der Waals surface area contributed by atoms with Crippen LogP contribution in [0.25, 0.3) is 10.7 Å². The molecule has 162 valence electrons. The van der Waals surface area contributed by atoms with Crippen molar-refractivity contribution in [3.63, 3.8) is 0 Å². The van der Waals surface area contributed by atoms with Gasteiger partial charge >= 0.3 is 0 Å². The van der Waals surface area contributed by atoms with Crippen molar-refractivity contribution in [1.29, 1.82) is 0 Å². The Morgan fingerprint density at radius 3 is 2.43 bits per heavy atom. The fourth-order valence-corrected chi connectivity index (χ4v) is 5.89. The van der Waals surface area contributed by atoms with Crippen molar-refractivity contribution in [2.24, 2.45) is 0 Å². The lowest BCUT2D eigenvalue weighted by Crippen LogP contribution is -2.38. The molecule has 1 atom stereocenters. The van der Waals surface area contributed by atoms with E-state index >= 15 is 0 Å². The van der Waals surface area contributed by atoms with E-state index in [1.165, 1.54) is 32.2 Å². The molecule has 2 N–H and O–H groups in total. The third-order valence-electron chi connectivity index (χ3n) is 5.12. The first-order valence-corrected chi connectivity index (χ1v) is 10.9. The molecule has 0 aliphatic carbocycles. The third-order valence-corrected chi connectivity index (χ3v) is 8.32. The Bertz CT molecular complexity index is 1150. The molecule has 3 rings (SSSR count). The molecule has 2 heterocycles. The zero-order valence-electron chi connectivity index (χ0n) is 16.1. The largest absolute Gasteiger partial charge is 0.504 e. The van der Waals surface area contributed by atoms with E-state index in [0.717, 1.165) is 11.9 Å². The molecule has 1 unspecified atom stereocenters. The Labute approximate surface area is 182 Å². The van der Waals surface area contributed by atoms with Crippen LogP contribution in [0.15, 0.2) is 30.5 Å². The van der Waals surface area contributed by atoms with Gasteiger partial charge in [0.25, 0.3) is 6.43 Å². The first kappa shape index (κ1) is 22.7. The van der Waals surface area contributed by atoms with Gasteiger partial charge in [-0.05, 0) is 26.0 Å². The Hall–Kier alpha value is -1.94. The van der Waals surface area contributed by atoms with Crippen LogP contribution < -0.4 is 4.90 Å². The maximum Gasteiger partial charge on any atom is 0.282 e. The van der Waals surface area contributed by atoms with Crippen LogP contribution in [0, 0.1) is 0 Å². The van der Waals surface area contributed by atoms with Crippen molar-refractivity contribution in [2.45, 2.75) is 31.2 Å². The van der Waals surface area contributed by atoms with Crippen molar-refractivity contribution < 1.29 is 27.4 Å². The molecule has 0 saturated carbocycles. The highest BCUT2D eigenvalue weighted by Crippen LogP contribution is 2.50. The maximum atomic E-state index is 13.4. The number of fused-ring (bicyclic) bond motifs is 1. The minimum atomic E-state index is -4.20. The number of rotatable bonds is 4. The van der Waals surface area contributed by atoms with Gasteiger partial charge in [-0.2, -0.15) is 0 Å². The van der Waals surface area contributed by atoms with Crippen LogP contribution in [0.2, 0.25) is 10.0 Å². The van der Waals surface area contributed by atoms with Gasteiger partial charge in [0.15, 0.2) is 21.8 Å². The van der Waals surface area contributed by atoms with Crippen LogP contribution in [0.5, 0.6) is 0 Å². The Balaban J connectivity index is 2.35. The lowest BCUT2D eigenvalue weighted by Gasteiger charge is -2.34. The molecule has 0 bridgehead atoms. The third kappa shape index (κ3) is 3.24.